The molecule has 0 amide bonds. The van der Waals surface area contributed by atoms with Gasteiger partial charge in [0.05, 0.1) is 0 Å². The normalized spacial score (nSPS) is 19.5. The summed E-state index contributed by atoms with van der Waals surface area (Å²) in [5.41, 5.74) is -14.9. The van der Waals surface area contributed by atoms with Crippen LogP contribution in [-0.4, -0.2) is 38.2 Å². The Kier molecular flexibility index (Phi) is 7.49. The number of rotatable bonds is 6. The Labute approximate surface area is 211 Å². The van der Waals surface area contributed by atoms with E-state index in [0.717, 1.165) is 36.4 Å². The molecule has 2 nitrogen and oxygen atoms in total. The van der Waals surface area contributed by atoms with Gasteiger partial charge in [0.2, 0.25) is 0 Å². The van der Waals surface area contributed by atoms with Crippen molar-refractivity contribution >= 4 is 13.5 Å². The van der Waals surface area contributed by atoms with Crippen molar-refractivity contribution in [3.63, 3.8) is 0 Å². The van der Waals surface area contributed by atoms with Crippen LogP contribution in [0.1, 0.15) is 25.0 Å². The van der Waals surface area contributed by atoms with Gasteiger partial charge in [-0.2, -0.15) is 0 Å². The summed E-state index contributed by atoms with van der Waals surface area (Å²) < 4.78 is 181. The van der Waals surface area contributed by atoms with Crippen LogP contribution in [0.15, 0.2) is 60.7 Å². The Bertz CT molecular complexity index is 990. The van der Waals surface area contributed by atoms with Gasteiger partial charge in [-0.1, -0.05) is 0 Å². The van der Waals surface area contributed by atoms with Gasteiger partial charge in [-0.3, -0.25) is 0 Å². The fourth-order valence-electron chi connectivity index (χ4n) is 4.35. The zero-order valence-electron chi connectivity index (χ0n) is 19.4. The predicted molar refractivity (Wildman–Crippen MR) is 112 cm³/mol. The Balaban J connectivity index is 2.33. The molecule has 1 aliphatic heterocycles. The third kappa shape index (κ3) is 5.02. The monoisotopic (exact) mass is 636 g/mol. The first-order valence-electron chi connectivity index (χ1n) is 10.6. The first-order valence-corrected chi connectivity index (χ1v) is 14.4. The summed E-state index contributed by atoms with van der Waals surface area (Å²) in [6.07, 6.45) is -25.4. The average molecular weight is 635 g/mol. The van der Waals surface area contributed by atoms with Crippen LogP contribution >= 0.6 is 0 Å². The van der Waals surface area contributed by atoms with Gasteiger partial charge in [-0.15, -0.1) is 0 Å². The average Bonchev–Trinajstić information content (AvgIpc) is 2.72. The van der Waals surface area contributed by atoms with Gasteiger partial charge in [0.1, 0.15) is 0 Å². The third-order valence-corrected chi connectivity index (χ3v) is 13.2. The van der Waals surface area contributed by atoms with E-state index in [1.807, 2.05) is 0 Å². The van der Waals surface area contributed by atoms with Gasteiger partial charge < -0.3 is 0 Å². The predicted octanol–water partition coefficient (Wildman–Crippen LogP) is 8.54. The molecule has 0 bridgehead atoms. The van der Waals surface area contributed by atoms with Crippen molar-refractivity contribution in [1.29, 1.82) is 0 Å². The molecular weight excluding hydrogens is 615 g/mol. The standard InChI is InChI=1S/C23H20F12O2Se/c1-17(2)13-38(14-17,36-18(20(24,25)26,21(27,28)29)15-9-5-3-6-10-15)37-19(22(30,31)32,23(33,34)35)16-11-7-4-8-12-16/h3-12H,13-14H2,1-2H3. The summed E-state index contributed by atoms with van der Waals surface area (Å²) in [6.45, 7) is 2.51. The Morgan fingerprint density at radius 2 is 0.789 bits per heavy atom. The van der Waals surface area contributed by atoms with Gasteiger partial charge in [-0.05, 0) is 0 Å². The topological polar surface area (TPSA) is 18.5 Å². The van der Waals surface area contributed by atoms with Gasteiger partial charge >= 0.3 is 211 Å². The first kappa shape index (κ1) is 30.6. The van der Waals surface area contributed by atoms with Crippen LogP contribution in [0.2, 0.25) is 10.6 Å². The molecule has 0 radical (unpaired) electrons. The molecule has 0 aliphatic carbocycles. The van der Waals surface area contributed by atoms with E-state index in [0.29, 0.717) is 24.3 Å². The summed E-state index contributed by atoms with van der Waals surface area (Å²) in [5.74, 6) is 0. The summed E-state index contributed by atoms with van der Waals surface area (Å²) in [7, 11) is 0. The molecular formula is C23H20F12O2Se. The van der Waals surface area contributed by atoms with E-state index in [-0.39, 0.29) is 0 Å². The van der Waals surface area contributed by atoms with Crippen LogP contribution in [0.3, 0.4) is 0 Å². The molecule has 2 aromatic carbocycles. The SMILES string of the molecule is CC1(C)C[Se](OC(c2ccccc2)(C(F)(F)F)C(F)(F)F)(OC(c2ccccc2)(C(F)(F)F)C(F)(F)F)C1. The summed E-state index contributed by atoms with van der Waals surface area (Å²) in [4.78, 5) is 0. The van der Waals surface area contributed by atoms with Crippen LogP contribution in [0.4, 0.5) is 52.7 Å². The molecule has 2 aromatic rings. The zero-order valence-corrected chi connectivity index (χ0v) is 21.2. The molecule has 38 heavy (non-hydrogen) atoms. The second kappa shape index (κ2) is 9.31. The minimum atomic E-state index is -6.34. The van der Waals surface area contributed by atoms with Crippen LogP contribution in [0.5, 0.6) is 0 Å². The molecule has 214 valence electrons. The molecule has 1 aliphatic rings. The molecule has 0 atom stereocenters. The molecule has 0 aromatic heterocycles. The van der Waals surface area contributed by atoms with E-state index in [1.165, 1.54) is 13.8 Å². The number of benzene rings is 2. The van der Waals surface area contributed by atoms with E-state index < -0.39 is 76.6 Å². The van der Waals surface area contributed by atoms with Crippen LogP contribution in [0, 0.1) is 5.41 Å². The van der Waals surface area contributed by atoms with Crippen molar-refractivity contribution in [2.45, 2.75) is 60.4 Å². The van der Waals surface area contributed by atoms with Gasteiger partial charge in [0.15, 0.2) is 0 Å². The Morgan fingerprint density at radius 3 is 1.00 bits per heavy atom. The molecule has 0 spiro atoms. The summed E-state index contributed by atoms with van der Waals surface area (Å²) in [5, 5.41) is -1.99. The molecule has 0 N–H and O–H groups in total. The van der Waals surface area contributed by atoms with Crippen molar-refractivity contribution in [1.82, 2.24) is 0 Å². The van der Waals surface area contributed by atoms with Crippen LogP contribution in [-0.2, 0) is 18.8 Å². The molecule has 1 heterocycles. The number of hydrogen-bond acceptors (Lipinski definition) is 2. The quantitative estimate of drug-likeness (QED) is 0.234. The third-order valence-electron chi connectivity index (χ3n) is 5.73. The number of halogens is 12. The summed E-state index contributed by atoms with van der Waals surface area (Å²) >= 11 is -5.89. The first-order chi connectivity index (χ1) is 17.0. The Hall–Kier alpha value is -1.96. The van der Waals surface area contributed by atoms with Crippen molar-refractivity contribution in [2.24, 2.45) is 5.41 Å². The second-order valence-electron chi connectivity index (χ2n) is 9.45. The maximum absolute atomic E-state index is 14.3. The van der Waals surface area contributed by atoms with Gasteiger partial charge in [-0.25, -0.2) is 0 Å². The van der Waals surface area contributed by atoms with Crippen molar-refractivity contribution in [3.8, 4) is 0 Å². The zero-order chi connectivity index (χ0) is 29.1. The van der Waals surface area contributed by atoms with E-state index in [9.17, 15) is 52.7 Å². The van der Waals surface area contributed by atoms with E-state index in [4.69, 9.17) is 0 Å². The molecule has 3 rings (SSSR count). The van der Waals surface area contributed by atoms with Crippen molar-refractivity contribution < 1.29 is 60.3 Å². The van der Waals surface area contributed by atoms with Gasteiger partial charge in [0.25, 0.3) is 0 Å². The summed E-state index contributed by atoms with van der Waals surface area (Å²) in [6, 6.07) is 6.87. The number of hydrogen-bond donors (Lipinski definition) is 0. The number of alkyl halides is 12. The van der Waals surface area contributed by atoms with E-state index >= 15 is 0 Å². The fourth-order valence-corrected chi connectivity index (χ4v) is 12.8. The molecule has 0 unspecified atom stereocenters. The van der Waals surface area contributed by atoms with E-state index in [1.54, 1.807) is 0 Å². The fraction of sp³-hybridized carbons (Fsp3) is 0.478. The molecule has 0 saturated carbocycles. The minimum absolute atomic E-state index is 0.383. The van der Waals surface area contributed by atoms with Crippen molar-refractivity contribution in [3.05, 3.63) is 71.8 Å². The van der Waals surface area contributed by atoms with Crippen LogP contribution < -0.4 is 0 Å². The molecule has 1 fully saturated rings. The maximum atomic E-state index is 14.3. The van der Waals surface area contributed by atoms with Gasteiger partial charge in [0, 0.05) is 0 Å². The van der Waals surface area contributed by atoms with Crippen molar-refractivity contribution in [2.75, 3.05) is 0 Å². The molecule has 1 saturated heterocycles. The second-order valence-corrected chi connectivity index (χ2v) is 14.5. The Morgan fingerprint density at radius 1 is 0.526 bits per heavy atom. The van der Waals surface area contributed by atoms with E-state index in [2.05, 4.69) is 7.64 Å². The molecule has 15 heteroatoms. The van der Waals surface area contributed by atoms with Crippen LogP contribution in [0.25, 0.3) is 0 Å².